The third kappa shape index (κ3) is 5.64. The zero-order chi connectivity index (χ0) is 12.8. The highest BCUT2D eigenvalue weighted by atomic mass is 35.5. The van der Waals surface area contributed by atoms with Crippen molar-refractivity contribution in [2.75, 3.05) is 25.3 Å². The summed E-state index contributed by atoms with van der Waals surface area (Å²) in [6.45, 7) is 1.01. The van der Waals surface area contributed by atoms with Gasteiger partial charge in [0, 0.05) is 5.88 Å². The van der Waals surface area contributed by atoms with Gasteiger partial charge < -0.3 is 9.84 Å². The van der Waals surface area contributed by atoms with Gasteiger partial charge in [-0.2, -0.15) is 4.72 Å². The number of hydrogen-bond donors (Lipinski definition) is 2. The predicted octanol–water partition coefficient (Wildman–Crippen LogP) is -0.685. The quantitative estimate of drug-likeness (QED) is 0.473. The monoisotopic (exact) mass is 273 g/mol. The average Bonchev–Trinajstić information content (AvgIpc) is 2.24. The van der Waals surface area contributed by atoms with Gasteiger partial charge >= 0.3 is 5.97 Å². The van der Waals surface area contributed by atoms with Crippen molar-refractivity contribution in [2.24, 2.45) is 5.92 Å². The molecule has 96 valence electrons. The van der Waals surface area contributed by atoms with Gasteiger partial charge in [-0.1, -0.05) is 6.92 Å². The summed E-state index contributed by atoms with van der Waals surface area (Å²) in [6, 6.07) is -1.27. The lowest BCUT2D eigenvalue weighted by Crippen LogP contribution is -2.45. The number of esters is 1. The van der Waals surface area contributed by atoms with Crippen LogP contribution in [0.4, 0.5) is 0 Å². The van der Waals surface area contributed by atoms with E-state index in [0.717, 1.165) is 7.11 Å². The maximum atomic E-state index is 11.5. The molecule has 0 aromatic carbocycles. The molecule has 0 aliphatic rings. The fraction of sp³-hybridized carbons (Fsp3) is 0.875. The van der Waals surface area contributed by atoms with Crippen molar-refractivity contribution in [3.63, 3.8) is 0 Å². The standard InChI is InChI=1S/C8H16ClNO5S/c1-6(3-9)5-16(13,14)10-7(4-11)8(12)15-2/h6-7,10-11H,3-5H2,1-2H3. The Labute approximate surface area is 100.0 Å². The Morgan fingerprint density at radius 1 is 1.56 bits per heavy atom. The van der Waals surface area contributed by atoms with Gasteiger partial charge in [0.25, 0.3) is 0 Å². The molecule has 0 aliphatic heterocycles. The Hall–Kier alpha value is -0.370. The van der Waals surface area contributed by atoms with E-state index in [1.54, 1.807) is 6.92 Å². The Bertz CT molecular complexity index is 318. The van der Waals surface area contributed by atoms with Crippen molar-refractivity contribution in [1.82, 2.24) is 4.72 Å². The van der Waals surface area contributed by atoms with Crippen LogP contribution < -0.4 is 4.72 Å². The minimum absolute atomic E-state index is 0.197. The van der Waals surface area contributed by atoms with Crippen molar-refractivity contribution in [3.8, 4) is 0 Å². The minimum atomic E-state index is -3.65. The molecule has 0 aromatic heterocycles. The molecular weight excluding hydrogens is 258 g/mol. The summed E-state index contributed by atoms with van der Waals surface area (Å²) >= 11 is 5.49. The zero-order valence-electron chi connectivity index (χ0n) is 9.14. The highest BCUT2D eigenvalue weighted by Crippen LogP contribution is 2.03. The second-order valence-electron chi connectivity index (χ2n) is 3.42. The summed E-state index contributed by atoms with van der Waals surface area (Å²) in [4.78, 5) is 11.0. The second kappa shape index (κ2) is 7.05. The number of aliphatic hydroxyl groups is 1. The van der Waals surface area contributed by atoms with E-state index in [4.69, 9.17) is 16.7 Å². The molecule has 0 spiro atoms. The molecular formula is C8H16ClNO5S. The molecule has 0 amide bonds. The Balaban J connectivity index is 4.49. The van der Waals surface area contributed by atoms with E-state index >= 15 is 0 Å². The highest BCUT2D eigenvalue weighted by Gasteiger charge is 2.25. The molecule has 0 bridgehead atoms. The number of nitrogens with one attached hydrogen (secondary N) is 1. The first kappa shape index (κ1) is 15.6. The van der Waals surface area contributed by atoms with Crippen LogP contribution in [0.3, 0.4) is 0 Å². The van der Waals surface area contributed by atoms with Gasteiger partial charge in [-0.3, -0.25) is 4.79 Å². The third-order valence-corrected chi connectivity index (χ3v) is 3.94. The van der Waals surface area contributed by atoms with Gasteiger partial charge in [0.05, 0.1) is 19.5 Å². The molecule has 6 nitrogen and oxygen atoms in total. The van der Waals surface area contributed by atoms with Gasteiger partial charge in [0.15, 0.2) is 0 Å². The predicted molar refractivity (Wildman–Crippen MR) is 59.7 cm³/mol. The zero-order valence-corrected chi connectivity index (χ0v) is 10.7. The topological polar surface area (TPSA) is 92.7 Å². The van der Waals surface area contributed by atoms with Gasteiger partial charge in [0.2, 0.25) is 10.0 Å². The number of methoxy groups -OCH3 is 1. The van der Waals surface area contributed by atoms with E-state index < -0.39 is 28.6 Å². The highest BCUT2D eigenvalue weighted by molar-refractivity contribution is 7.89. The molecule has 0 heterocycles. The largest absolute Gasteiger partial charge is 0.468 e. The normalized spacial score (nSPS) is 15.5. The molecule has 0 rings (SSSR count). The molecule has 0 saturated heterocycles. The number of carbonyl (C=O) groups excluding carboxylic acids is 1. The van der Waals surface area contributed by atoms with E-state index in [0.29, 0.717) is 0 Å². The fourth-order valence-corrected chi connectivity index (χ4v) is 2.79. The van der Waals surface area contributed by atoms with Crippen LogP contribution >= 0.6 is 11.6 Å². The first-order valence-corrected chi connectivity index (χ1v) is 6.79. The number of sulfonamides is 1. The first-order valence-electron chi connectivity index (χ1n) is 4.61. The number of hydrogen-bond acceptors (Lipinski definition) is 5. The SMILES string of the molecule is COC(=O)C(CO)NS(=O)(=O)CC(C)CCl. The van der Waals surface area contributed by atoms with E-state index in [1.807, 2.05) is 4.72 Å². The van der Waals surface area contributed by atoms with Crippen molar-refractivity contribution in [3.05, 3.63) is 0 Å². The summed E-state index contributed by atoms with van der Waals surface area (Å²) in [5.74, 6) is -1.08. The summed E-state index contributed by atoms with van der Waals surface area (Å²) in [6.07, 6.45) is 0. The molecule has 0 aromatic rings. The van der Waals surface area contributed by atoms with E-state index in [1.165, 1.54) is 0 Å². The molecule has 0 fully saturated rings. The second-order valence-corrected chi connectivity index (χ2v) is 5.52. The third-order valence-electron chi connectivity index (χ3n) is 1.76. The minimum Gasteiger partial charge on any atom is -0.468 e. The lowest BCUT2D eigenvalue weighted by atomic mass is 10.3. The number of halogens is 1. The Morgan fingerprint density at radius 2 is 2.12 bits per heavy atom. The van der Waals surface area contributed by atoms with Crippen LogP contribution in [-0.2, 0) is 19.6 Å². The number of rotatable bonds is 7. The van der Waals surface area contributed by atoms with Crippen LogP contribution in [-0.4, -0.2) is 50.9 Å². The maximum Gasteiger partial charge on any atom is 0.326 e. The molecule has 16 heavy (non-hydrogen) atoms. The molecule has 2 N–H and O–H groups in total. The summed E-state index contributed by atoms with van der Waals surface area (Å²) in [5.41, 5.74) is 0. The molecule has 8 heteroatoms. The van der Waals surface area contributed by atoms with Crippen LogP contribution in [0.2, 0.25) is 0 Å². The number of alkyl halides is 1. The van der Waals surface area contributed by atoms with Crippen molar-refractivity contribution < 1.29 is 23.1 Å². The smallest absolute Gasteiger partial charge is 0.326 e. The average molecular weight is 274 g/mol. The summed E-state index contributed by atoms with van der Waals surface area (Å²) in [7, 11) is -2.54. The van der Waals surface area contributed by atoms with Crippen LogP contribution in [0, 0.1) is 5.92 Å². The molecule has 0 aliphatic carbocycles. The number of carbonyl (C=O) groups is 1. The van der Waals surface area contributed by atoms with Gasteiger partial charge in [-0.25, -0.2) is 8.42 Å². The van der Waals surface area contributed by atoms with Crippen LogP contribution in [0.5, 0.6) is 0 Å². The van der Waals surface area contributed by atoms with Crippen molar-refractivity contribution >= 4 is 27.6 Å². The number of aliphatic hydroxyl groups excluding tert-OH is 1. The van der Waals surface area contributed by atoms with Crippen LogP contribution in [0.25, 0.3) is 0 Å². The van der Waals surface area contributed by atoms with Crippen molar-refractivity contribution in [1.29, 1.82) is 0 Å². The van der Waals surface area contributed by atoms with E-state index in [2.05, 4.69) is 4.74 Å². The van der Waals surface area contributed by atoms with Gasteiger partial charge in [-0.15, -0.1) is 11.6 Å². The Kier molecular flexibility index (Phi) is 6.89. The Morgan fingerprint density at radius 3 is 2.50 bits per heavy atom. The molecule has 2 unspecified atom stereocenters. The molecule has 2 atom stereocenters. The van der Waals surface area contributed by atoms with E-state index in [-0.39, 0.29) is 17.6 Å². The first-order chi connectivity index (χ1) is 7.36. The molecule has 0 radical (unpaired) electrons. The summed E-state index contributed by atoms with van der Waals surface area (Å²) < 4.78 is 29.4. The maximum absolute atomic E-state index is 11.5. The molecule has 0 saturated carbocycles. The van der Waals surface area contributed by atoms with Crippen LogP contribution in [0.1, 0.15) is 6.92 Å². The van der Waals surface area contributed by atoms with Crippen LogP contribution in [0.15, 0.2) is 0 Å². The van der Waals surface area contributed by atoms with Gasteiger partial charge in [-0.05, 0) is 5.92 Å². The van der Waals surface area contributed by atoms with E-state index in [9.17, 15) is 13.2 Å². The number of ether oxygens (including phenoxy) is 1. The lowest BCUT2D eigenvalue weighted by Gasteiger charge is -2.15. The van der Waals surface area contributed by atoms with Crippen molar-refractivity contribution in [2.45, 2.75) is 13.0 Å². The lowest BCUT2D eigenvalue weighted by molar-refractivity contribution is -0.143. The van der Waals surface area contributed by atoms with Gasteiger partial charge in [0.1, 0.15) is 6.04 Å². The fourth-order valence-electron chi connectivity index (χ4n) is 0.986. The summed E-state index contributed by atoms with van der Waals surface area (Å²) in [5, 5.41) is 8.83.